The summed E-state index contributed by atoms with van der Waals surface area (Å²) >= 11 is 0. The fraction of sp³-hybridized carbons (Fsp3) is 1.00. The second kappa shape index (κ2) is 5.59. The van der Waals surface area contributed by atoms with Gasteiger partial charge >= 0.3 is 0 Å². The van der Waals surface area contributed by atoms with Gasteiger partial charge in [-0.05, 0) is 0 Å². The van der Waals surface area contributed by atoms with E-state index in [4.69, 9.17) is 5.11 Å². The molecule has 0 unspecified atom stereocenters. The summed E-state index contributed by atoms with van der Waals surface area (Å²) in [4.78, 5) is 0. The van der Waals surface area contributed by atoms with E-state index in [1.807, 2.05) is 0 Å². The van der Waals surface area contributed by atoms with Gasteiger partial charge in [0.1, 0.15) is 6.10 Å². The van der Waals surface area contributed by atoms with E-state index in [0.717, 1.165) is 0 Å². The molecule has 6 N–H and O–H groups in total. The largest absolute Gasteiger partial charge is 0.395 e. The van der Waals surface area contributed by atoms with Gasteiger partial charge in [-0.15, -0.1) is 0 Å². The molecule has 0 aromatic rings. The maximum atomic E-state index is 9.62. The molecular weight excluding hydrogens is 188 g/mol. The molecule has 0 bridgehead atoms. The fourth-order valence-electron chi connectivity index (χ4n) is 1.54. The van der Waals surface area contributed by atoms with Crippen LogP contribution in [0.4, 0.5) is 0 Å². The Labute approximate surface area is 82.6 Å². The predicted molar refractivity (Wildman–Crippen MR) is 49.8 cm³/mol. The molecule has 1 saturated heterocycles. The molecule has 0 amide bonds. The molecule has 1 aliphatic rings. The van der Waals surface area contributed by atoms with Crippen LogP contribution in [0.5, 0.6) is 0 Å². The zero-order valence-electron chi connectivity index (χ0n) is 7.93. The minimum absolute atomic E-state index is 0.0259. The zero-order chi connectivity index (χ0) is 10.6. The first-order chi connectivity index (χ1) is 6.66. The highest BCUT2D eigenvalue weighted by Crippen LogP contribution is 2.07. The van der Waals surface area contributed by atoms with Gasteiger partial charge in [0.2, 0.25) is 0 Å². The van der Waals surface area contributed by atoms with E-state index in [2.05, 4.69) is 10.6 Å². The molecule has 1 fully saturated rings. The van der Waals surface area contributed by atoms with Crippen molar-refractivity contribution < 1.29 is 20.4 Å². The maximum Gasteiger partial charge on any atom is 0.109 e. The molecule has 1 heterocycles. The first kappa shape index (κ1) is 11.8. The summed E-state index contributed by atoms with van der Waals surface area (Å²) in [5.41, 5.74) is 0. The van der Waals surface area contributed by atoms with Crippen molar-refractivity contribution in [1.29, 1.82) is 0 Å². The second-order valence-corrected chi connectivity index (χ2v) is 3.49. The molecule has 6 nitrogen and oxygen atoms in total. The van der Waals surface area contributed by atoms with Crippen LogP contribution in [0.15, 0.2) is 0 Å². The topological polar surface area (TPSA) is 105 Å². The number of hydrogen-bond acceptors (Lipinski definition) is 6. The minimum Gasteiger partial charge on any atom is -0.395 e. The lowest BCUT2D eigenvalue weighted by molar-refractivity contribution is -0.0598. The zero-order valence-corrected chi connectivity index (χ0v) is 7.93. The Morgan fingerprint density at radius 1 is 1.14 bits per heavy atom. The Morgan fingerprint density at radius 2 is 1.86 bits per heavy atom. The first-order valence-electron chi connectivity index (χ1n) is 4.76. The summed E-state index contributed by atoms with van der Waals surface area (Å²) in [6.45, 7) is 1.04. The van der Waals surface area contributed by atoms with Gasteiger partial charge in [-0.1, -0.05) is 0 Å². The average Bonchev–Trinajstić information content (AvgIpc) is 2.30. The molecule has 4 atom stereocenters. The number of rotatable bonds is 3. The summed E-state index contributed by atoms with van der Waals surface area (Å²) in [7, 11) is 0. The van der Waals surface area contributed by atoms with Crippen molar-refractivity contribution in [2.45, 2.75) is 24.4 Å². The van der Waals surface area contributed by atoms with E-state index in [1.54, 1.807) is 0 Å². The summed E-state index contributed by atoms with van der Waals surface area (Å²) in [6.07, 6.45) is -3.13. The molecule has 1 rings (SSSR count). The van der Waals surface area contributed by atoms with Crippen LogP contribution in [-0.2, 0) is 0 Å². The summed E-state index contributed by atoms with van der Waals surface area (Å²) < 4.78 is 0. The van der Waals surface area contributed by atoms with Crippen LogP contribution in [0.3, 0.4) is 0 Å². The lowest BCUT2D eigenvalue weighted by Gasteiger charge is -2.25. The number of aliphatic hydroxyl groups is 4. The van der Waals surface area contributed by atoms with E-state index in [-0.39, 0.29) is 19.2 Å². The first-order valence-corrected chi connectivity index (χ1v) is 4.76. The number of β-amino-alcohol motifs (C(OH)–C–C–N with tert-alkyl or cyclic N) is 1. The van der Waals surface area contributed by atoms with Gasteiger partial charge in [0.15, 0.2) is 0 Å². The SMILES string of the molecule is OCCN[C@@H]1CNC[C@@H](O)[C@@H](O)[C@@H]1O. The number of nitrogens with one attached hydrogen (secondary N) is 2. The molecule has 0 aromatic carbocycles. The molecule has 1 aliphatic heterocycles. The second-order valence-electron chi connectivity index (χ2n) is 3.49. The van der Waals surface area contributed by atoms with Crippen LogP contribution < -0.4 is 10.6 Å². The summed E-state index contributed by atoms with van der Waals surface area (Å²) in [5.74, 6) is 0. The Kier molecular flexibility index (Phi) is 4.73. The Balaban J connectivity index is 2.49. The van der Waals surface area contributed by atoms with Crippen LogP contribution >= 0.6 is 0 Å². The quantitative estimate of drug-likeness (QED) is 0.288. The van der Waals surface area contributed by atoms with E-state index < -0.39 is 18.3 Å². The molecule has 14 heavy (non-hydrogen) atoms. The normalized spacial score (nSPS) is 39.4. The van der Waals surface area contributed by atoms with Gasteiger partial charge in [0.05, 0.1) is 18.8 Å². The molecule has 0 radical (unpaired) electrons. The fourth-order valence-corrected chi connectivity index (χ4v) is 1.54. The standard InChI is InChI=1S/C8H18N2O4/c11-2-1-10-5-3-9-4-6(12)8(14)7(5)13/h5-14H,1-4H2/t5-,6-,7-,8-/m1/s1. The third-order valence-corrected chi connectivity index (χ3v) is 2.39. The molecule has 6 heteroatoms. The van der Waals surface area contributed by atoms with Crippen LogP contribution in [0.2, 0.25) is 0 Å². The number of aliphatic hydroxyl groups excluding tert-OH is 4. The van der Waals surface area contributed by atoms with Crippen molar-refractivity contribution in [3.8, 4) is 0 Å². The Hall–Kier alpha value is -0.240. The molecule has 0 aliphatic carbocycles. The highest BCUT2D eigenvalue weighted by molar-refractivity contribution is 4.90. The molecule has 0 spiro atoms. The van der Waals surface area contributed by atoms with Crippen molar-refractivity contribution in [3.63, 3.8) is 0 Å². The third kappa shape index (κ3) is 2.88. The molecule has 0 saturated carbocycles. The molecular formula is C8H18N2O4. The lowest BCUT2D eigenvalue weighted by Crippen LogP contribution is -2.51. The molecule has 0 aromatic heterocycles. The lowest BCUT2D eigenvalue weighted by atomic mass is 10.0. The highest BCUT2D eigenvalue weighted by atomic mass is 16.4. The highest BCUT2D eigenvalue weighted by Gasteiger charge is 2.33. The Bertz CT molecular complexity index is 167. The van der Waals surface area contributed by atoms with E-state index in [1.165, 1.54) is 0 Å². The summed E-state index contributed by atoms with van der Waals surface area (Å²) in [6, 6.07) is -0.353. The van der Waals surface area contributed by atoms with Crippen LogP contribution in [0, 0.1) is 0 Å². The van der Waals surface area contributed by atoms with Gasteiger partial charge in [0.25, 0.3) is 0 Å². The molecule has 84 valence electrons. The van der Waals surface area contributed by atoms with Gasteiger partial charge in [-0.25, -0.2) is 0 Å². The predicted octanol–water partition coefficient (Wildman–Crippen LogP) is -3.38. The van der Waals surface area contributed by atoms with Gasteiger partial charge < -0.3 is 31.1 Å². The van der Waals surface area contributed by atoms with E-state index >= 15 is 0 Å². The van der Waals surface area contributed by atoms with Crippen LogP contribution in [-0.4, -0.2) is 71.0 Å². The van der Waals surface area contributed by atoms with E-state index in [9.17, 15) is 15.3 Å². The minimum atomic E-state index is -1.15. The van der Waals surface area contributed by atoms with Crippen molar-refractivity contribution >= 4 is 0 Å². The van der Waals surface area contributed by atoms with Crippen molar-refractivity contribution in [1.82, 2.24) is 10.6 Å². The third-order valence-electron chi connectivity index (χ3n) is 2.39. The van der Waals surface area contributed by atoms with Gasteiger partial charge in [-0.2, -0.15) is 0 Å². The van der Waals surface area contributed by atoms with E-state index in [0.29, 0.717) is 13.1 Å². The van der Waals surface area contributed by atoms with Crippen LogP contribution in [0.1, 0.15) is 0 Å². The van der Waals surface area contributed by atoms with Crippen molar-refractivity contribution in [3.05, 3.63) is 0 Å². The summed E-state index contributed by atoms with van der Waals surface area (Å²) in [5, 5.41) is 42.8. The van der Waals surface area contributed by atoms with Crippen molar-refractivity contribution in [2.24, 2.45) is 0 Å². The smallest absolute Gasteiger partial charge is 0.109 e. The monoisotopic (exact) mass is 206 g/mol. The van der Waals surface area contributed by atoms with Gasteiger partial charge in [-0.3, -0.25) is 0 Å². The average molecular weight is 206 g/mol. The van der Waals surface area contributed by atoms with Crippen molar-refractivity contribution in [2.75, 3.05) is 26.2 Å². The van der Waals surface area contributed by atoms with Gasteiger partial charge in [0, 0.05) is 25.7 Å². The Morgan fingerprint density at radius 3 is 2.50 bits per heavy atom. The maximum absolute atomic E-state index is 9.62. The number of hydrogen-bond donors (Lipinski definition) is 6. The van der Waals surface area contributed by atoms with Crippen LogP contribution in [0.25, 0.3) is 0 Å².